The van der Waals surface area contributed by atoms with E-state index in [1.54, 1.807) is 22.7 Å². The molecule has 0 aliphatic rings. The van der Waals surface area contributed by atoms with E-state index in [9.17, 15) is 0 Å². The first-order chi connectivity index (χ1) is 10.3. The number of benzene rings is 1. The smallest absolute Gasteiger partial charge is 0.114 e. The molecule has 4 aromatic rings. The number of fused-ring (bicyclic) bond motifs is 1. The zero-order valence-electron chi connectivity index (χ0n) is 10.3. The molecule has 0 aliphatic heterocycles. The van der Waals surface area contributed by atoms with Crippen LogP contribution in [0.25, 0.3) is 31.9 Å². The van der Waals surface area contributed by atoms with Gasteiger partial charge in [-0.25, -0.2) is 0 Å². The minimum atomic E-state index is 0.973. The van der Waals surface area contributed by atoms with Crippen LogP contribution in [0.5, 0.6) is 0 Å². The molecular formula is C14H6Br2N2S3. The highest BCUT2D eigenvalue weighted by molar-refractivity contribution is 9.11. The average molecular weight is 458 g/mol. The van der Waals surface area contributed by atoms with Gasteiger partial charge in [-0.2, -0.15) is 8.75 Å². The molecule has 0 fully saturated rings. The number of aromatic nitrogens is 2. The zero-order valence-corrected chi connectivity index (χ0v) is 16.0. The summed E-state index contributed by atoms with van der Waals surface area (Å²) in [6, 6.07) is 8.41. The van der Waals surface area contributed by atoms with E-state index < -0.39 is 0 Å². The van der Waals surface area contributed by atoms with Crippen LogP contribution in [0.4, 0.5) is 0 Å². The van der Waals surface area contributed by atoms with Crippen molar-refractivity contribution < 1.29 is 0 Å². The summed E-state index contributed by atoms with van der Waals surface area (Å²) in [5.41, 5.74) is 4.22. The van der Waals surface area contributed by atoms with E-state index in [0.29, 0.717) is 0 Å². The molecule has 0 unspecified atom stereocenters. The second-order valence-corrected chi connectivity index (χ2v) is 8.39. The standard InChI is InChI=1S/C14H6Br2N2S3/c15-9-3-5-19-13(9)7-1-2-8(12-11(7)17-21-18-12)14-10(16)4-6-20-14/h1-6H. The predicted octanol–water partition coefficient (Wildman–Crippen LogP) is 6.67. The number of rotatable bonds is 2. The van der Waals surface area contributed by atoms with Gasteiger partial charge in [-0.15, -0.1) is 22.7 Å². The van der Waals surface area contributed by atoms with E-state index in [1.807, 2.05) is 0 Å². The Morgan fingerprint density at radius 3 is 1.57 bits per heavy atom. The van der Waals surface area contributed by atoms with Crippen molar-refractivity contribution in [1.29, 1.82) is 0 Å². The summed E-state index contributed by atoms with van der Waals surface area (Å²) in [6.07, 6.45) is 0. The lowest BCUT2D eigenvalue weighted by Crippen LogP contribution is -1.83. The van der Waals surface area contributed by atoms with Gasteiger partial charge < -0.3 is 0 Å². The summed E-state index contributed by atoms with van der Waals surface area (Å²) in [4.78, 5) is 2.40. The van der Waals surface area contributed by atoms with Gasteiger partial charge in [-0.05, 0) is 54.8 Å². The molecule has 4 rings (SSSR count). The fourth-order valence-corrected chi connectivity index (χ4v) is 6.01. The highest BCUT2D eigenvalue weighted by atomic mass is 79.9. The Balaban J connectivity index is 2.01. The zero-order chi connectivity index (χ0) is 14.4. The molecule has 0 saturated heterocycles. The molecule has 7 heteroatoms. The van der Waals surface area contributed by atoms with Gasteiger partial charge in [0, 0.05) is 20.1 Å². The first-order valence-electron chi connectivity index (χ1n) is 5.97. The van der Waals surface area contributed by atoms with Crippen LogP contribution in [-0.4, -0.2) is 8.75 Å². The predicted molar refractivity (Wildman–Crippen MR) is 99.4 cm³/mol. The highest BCUT2D eigenvalue weighted by Crippen LogP contribution is 2.42. The summed E-state index contributed by atoms with van der Waals surface area (Å²) >= 11 is 11.9. The van der Waals surface area contributed by atoms with Crippen LogP contribution >= 0.6 is 66.3 Å². The van der Waals surface area contributed by atoms with Crippen molar-refractivity contribution in [2.24, 2.45) is 0 Å². The lowest BCUT2D eigenvalue weighted by molar-refractivity contribution is 1.62. The third kappa shape index (κ3) is 2.31. The van der Waals surface area contributed by atoms with Crippen LogP contribution in [-0.2, 0) is 0 Å². The minimum Gasteiger partial charge on any atom is -0.172 e. The number of halogens is 2. The van der Waals surface area contributed by atoms with Crippen molar-refractivity contribution in [3.8, 4) is 20.9 Å². The molecule has 0 N–H and O–H groups in total. The number of thiophene rings is 2. The molecule has 21 heavy (non-hydrogen) atoms. The van der Waals surface area contributed by atoms with Gasteiger partial charge in [0.05, 0.1) is 21.5 Å². The maximum Gasteiger partial charge on any atom is 0.114 e. The molecule has 0 amide bonds. The normalized spacial score (nSPS) is 11.3. The Morgan fingerprint density at radius 1 is 0.714 bits per heavy atom. The molecule has 3 aromatic heterocycles. The lowest BCUT2D eigenvalue weighted by atomic mass is 10.1. The average Bonchev–Trinajstić information content (AvgIpc) is 3.18. The fraction of sp³-hybridized carbons (Fsp3) is 0. The van der Waals surface area contributed by atoms with Crippen molar-refractivity contribution in [3.63, 3.8) is 0 Å². The van der Waals surface area contributed by atoms with Crippen LogP contribution in [0.15, 0.2) is 44.0 Å². The molecule has 0 bridgehead atoms. The van der Waals surface area contributed by atoms with Gasteiger partial charge in [-0.3, -0.25) is 0 Å². The number of hydrogen-bond acceptors (Lipinski definition) is 5. The Morgan fingerprint density at radius 2 is 1.19 bits per heavy atom. The van der Waals surface area contributed by atoms with E-state index in [-0.39, 0.29) is 0 Å². The maximum absolute atomic E-state index is 4.52. The van der Waals surface area contributed by atoms with Gasteiger partial charge >= 0.3 is 0 Å². The van der Waals surface area contributed by atoms with Gasteiger partial charge in [-0.1, -0.05) is 12.1 Å². The van der Waals surface area contributed by atoms with Gasteiger partial charge in [0.25, 0.3) is 0 Å². The molecule has 1 aromatic carbocycles. The molecule has 0 atom stereocenters. The second kappa shape index (κ2) is 5.55. The maximum atomic E-state index is 4.52. The van der Waals surface area contributed by atoms with Gasteiger partial charge in [0.1, 0.15) is 11.0 Å². The van der Waals surface area contributed by atoms with Crippen molar-refractivity contribution in [2.45, 2.75) is 0 Å². The van der Waals surface area contributed by atoms with Crippen molar-refractivity contribution in [1.82, 2.24) is 8.75 Å². The SMILES string of the molecule is Brc1ccsc1-c1ccc(-c2sccc2Br)c2nsnc12. The van der Waals surface area contributed by atoms with Crippen molar-refractivity contribution >= 4 is 77.3 Å². The topological polar surface area (TPSA) is 25.8 Å². The van der Waals surface area contributed by atoms with Crippen molar-refractivity contribution in [2.75, 3.05) is 0 Å². The third-order valence-electron chi connectivity index (χ3n) is 3.14. The number of hydrogen-bond donors (Lipinski definition) is 0. The van der Waals surface area contributed by atoms with Crippen LogP contribution in [0.1, 0.15) is 0 Å². The van der Waals surface area contributed by atoms with Crippen LogP contribution in [0.2, 0.25) is 0 Å². The van der Waals surface area contributed by atoms with Gasteiger partial charge in [0.15, 0.2) is 0 Å². The largest absolute Gasteiger partial charge is 0.172 e. The molecule has 3 heterocycles. The molecule has 0 aliphatic carbocycles. The lowest BCUT2D eigenvalue weighted by Gasteiger charge is -2.05. The number of nitrogens with zero attached hydrogens (tertiary/aromatic N) is 2. The summed E-state index contributed by atoms with van der Waals surface area (Å²) in [7, 11) is 0. The van der Waals surface area contributed by atoms with Crippen LogP contribution in [0.3, 0.4) is 0 Å². The summed E-state index contributed by atoms with van der Waals surface area (Å²) in [6.45, 7) is 0. The fourth-order valence-electron chi connectivity index (χ4n) is 2.20. The monoisotopic (exact) mass is 456 g/mol. The molecule has 0 spiro atoms. The van der Waals surface area contributed by atoms with Gasteiger partial charge in [0.2, 0.25) is 0 Å². The quantitative estimate of drug-likeness (QED) is 0.335. The van der Waals surface area contributed by atoms with E-state index in [1.165, 1.54) is 21.5 Å². The Hall–Kier alpha value is -0.600. The van der Waals surface area contributed by atoms with E-state index in [2.05, 4.69) is 75.6 Å². The first kappa shape index (κ1) is 14.0. The highest BCUT2D eigenvalue weighted by Gasteiger charge is 2.17. The van der Waals surface area contributed by atoms with E-state index >= 15 is 0 Å². The van der Waals surface area contributed by atoms with E-state index in [0.717, 1.165) is 31.1 Å². The molecule has 2 nitrogen and oxygen atoms in total. The summed E-state index contributed by atoms with van der Waals surface area (Å²) in [5.74, 6) is 0. The van der Waals surface area contributed by atoms with Crippen LogP contribution in [0, 0.1) is 0 Å². The molecule has 104 valence electrons. The third-order valence-corrected chi connectivity index (χ3v) is 7.41. The molecule has 0 saturated carbocycles. The minimum absolute atomic E-state index is 0.973. The second-order valence-electron chi connectivity index (χ2n) is 4.32. The van der Waals surface area contributed by atoms with Crippen LogP contribution < -0.4 is 0 Å². The summed E-state index contributed by atoms with van der Waals surface area (Å²) < 4.78 is 11.3. The molecule has 0 radical (unpaired) electrons. The Bertz CT molecular complexity index is 864. The van der Waals surface area contributed by atoms with E-state index in [4.69, 9.17) is 0 Å². The Labute approximate surface area is 150 Å². The Kier molecular flexibility index (Phi) is 3.71. The molecular weight excluding hydrogens is 452 g/mol. The van der Waals surface area contributed by atoms with Crippen molar-refractivity contribution in [3.05, 3.63) is 44.0 Å². The first-order valence-corrected chi connectivity index (χ1v) is 10.1. The summed E-state index contributed by atoms with van der Waals surface area (Å²) in [5, 5.41) is 4.16.